The minimum Gasteiger partial charge on any atom is -1.00 e. The first kappa shape index (κ1) is 29.2. The van der Waals surface area contributed by atoms with Crippen molar-refractivity contribution in [2.24, 2.45) is 0 Å². The van der Waals surface area contributed by atoms with Crippen LogP contribution in [-0.4, -0.2) is 44.1 Å². The summed E-state index contributed by atoms with van der Waals surface area (Å²) in [5, 5.41) is 4.01. The minimum absolute atomic E-state index is 0. The van der Waals surface area contributed by atoms with E-state index in [-0.39, 0.29) is 36.9 Å². The molecule has 2 aromatic rings. The second kappa shape index (κ2) is 20.8. The maximum atomic E-state index is 5.56. The van der Waals surface area contributed by atoms with Gasteiger partial charge in [0, 0.05) is 19.8 Å². The van der Waals surface area contributed by atoms with E-state index >= 15 is 0 Å². The summed E-state index contributed by atoms with van der Waals surface area (Å²) < 4.78 is 6.16. The van der Waals surface area contributed by atoms with Gasteiger partial charge >= 0.3 is 29.6 Å². The predicted octanol–water partition coefficient (Wildman–Crippen LogP) is 1.63. The van der Waals surface area contributed by atoms with Gasteiger partial charge in [0.2, 0.25) is 11.9 Å². The number of nitrogens with two attached hydrogens (primary N) is 1. The third kappa shape index (κ3) is 19.1. The van der Waals surface area contributed by atoms with E-state index in [2.05, 4.69) is 54.8 Å². The number of nitrogen functional groups attached to an aromatic ring is 1. The molecule has 0 saturated carbocycles. The number of alkyl halides is 1. The Bertz CT molecular complexity index is 539. The fourth-order valence-electron chi connectivity index (χ4n) is 1.39. The summed E-state index contributed by atoms with van der Waals surface area (Å²) >= 11 is 13.3. The molecule has 0 aromatic carbocycles. The van der Waals surface area contributed by atoms with Crippen molar-refractivity contribution < 1.29 is 35.7 Å². The van der Waals surface area contributed by atoms with Crippen LogP contribution in [0.3, 0.4) is 0 Å². The third-order valence-corrected chi connectivity index (χ3v) is 2.81. The Labute approximate surface area is 208 Å². The first-order chi connectivity index (χ1) is 12.5. The van der Waals surface area contributed by atoms with Gasteiger partial charge in [0.25, 0.3) is 0 Å². The molecule has 3 heterocycles. The first-order valence-corrected chi connectivity index (χ1v) is 10.4. The molecule has 7 nitrogen and oxygen atoms in total. The van der Waals surface area contributed by atoms with Crippen molar-refractivity contribution in [2.45, 2.75) is 26.7 Å². The van der Waals surface area contributed by atoms with Gasteiger partial charge in [-0.1, -0.05) is 52.7 Å². The molecule has 0 atom stereocenters. The number of aromatic nitrogens is 4. The van der Waals surface area contributed by atoms with Gasteiger partial charge in [0.05, 0.1) is 34.8 Å². The molecule has 0 amide bonds. The molecule has 1 saturated heterocycles. The second-order valence-corrected chi connectivity index (χ2v) is 7.00. The monoisotopic (exact) mass is 538 g/mol. The fourth-order valence-corrected chi connectivity index (χ4v) is 1.59. The number of nitrogens with one attached hydrogen (secondary N) is 1. The Morgan fingerprint density at radius 2 is 1.44 bits per heavy atom. The molecule has 11 heteroatoms. The van der Waals surface area contributed by atoms with Crippen LogP contribution < -0.4 is 40.6 Å². The van der Waals surface area contributed by atoms with Crippen LogP contribution in [0.5, 0.6) is 0 Å². The van der Waals surface area contributed by atoms with Crippen molar-refractivity contribution in [3.05, 3.63) is 34.8 Å². The second-order valence-electron chi connectivity index (χ2n) is 4.60. The number of ether oxygens (including phenoxy) is 1. The first-order valence-electron chi connectivity index (χ1n) is 8.11. The van der Waals surface area contributed by atoms with E-state index in [1.165, 1.54) is 29.7 Å². The Balaban J connectivity index is -0.000000313. The zero-order valence-electron chi connectivity index (χ0n) is 17.0. The van der Waals surface area contributed by atoms with E-state index in [1.54, 1.807) is 12.4 Å². The molecule has 3 rings (SSSR count). The average molecular weight is 539 g/mol. The molecule has 1 aliphatic rings. The number of nitrogens with zero attached hydrogens (tertiary/aromatic N) is 4. The number of halogens is 3. The van der Waals surface area contributed by atoms with Gasteiger partial charge in [0.15, 0.2) is 0 Å². The summed E-state index contributed by atoms with van der Waals surface area (Å²) in [4.78, 5) is 15.1. The molecule has 0 bridgehead atoms. The molecule has 1 aliphatic heterocycles. The molecule has 0 radical (unpaired) electrons. The van der Waals surface area contributed by atoms with Crippen molar-refractivity contribution in [3.63, 3.8) is 0 Å². The van der Waals surface area contributed by atoms with Crippen LogP contribution in [0.15, 0.2) is 24.8 Å². The van der Waals surface area contributed by atoms with Gasteiger partial charge in [-0.15, -0.1) is 0 Å². The van der Waals surface area contributed by atoms with Crippen LogP contribution in [0, 0.1) is 0 Å². The van der Waals surface area contributed by atoms with Gasteiger partial charge in [-0.2, -0.15) is 0 Å². The number of hydrogen-bond acceptors (Lipinski definition) is 7. The number of rotatable bonds is 2. The maximum Gasteiger partial charge on any atom is 1.00 e. The fraction of sp³-hybridized carbons (Fsp3) is 0.500. The van der Waals surface area contributed by atoms with Gasteiger partial charge in [-0.05, 0) is 24.2 Å². The van der Waals surface area contributed by atoms with Gasteiger partial charge in [0.1, 0.15) is 0 Å². The summed E-state index contributed by atoms with van der Waals surface area (Å²) in [7, 11) is 0. The Kier molecular flexibility index (Phi) is 22.5. The van der Waals surface area contributed by atoms with Crippen molar-refractivity contribution in [1.29, 1.82) is 0 Å². The van der Waals surface area contributed by atoms with Crippen LogP contribution >= 0.6 is 45.8 Å². The van der Waals surface area contributed by atoms with Crippen LogP contribution in [0.1, 0.15) is 28.1 Å². The summed E-state index contributed by atoms with van der Waals surface area (Å²) in [6.45, 7) is 6.92. The zero-order valence-corrected chi connectivity index (χ0v) is 21.6. The van der Waals surface area contributed by atoms with Crippen molar-refractivity contribution in [1.82, 2.24) is 19.9 Å². The SMILES string of the molecule is C1CCOC1.CCI.CCNc1ncc(Cl)cn1.Nc1ncc(Cl)cn1.[H-].[Na+]. The molecule has 2 aromatic heterocycles. The molecule has 148 valence electrons. The van der Waals surface area contributed by atoms with E-state index < -0.39 is 0 Å². The largest absolute Gasteiger partial charge is 1.00 e. The molecule has 3 N–H and O–H groups in total. The third-order valence-electron chi connectivity index (χ3n) is 2.42. The molecule has 0 spiro atoms. The topological polar surface area (TPSA) is 98.8 Å². The molecule has 0 unspecified atom stereocenters. The number of hydrogen-bond donors (Lipinski definition) is 2. The normalized spacial score (nSPS) is 11.3. The Hall–Kier alpha value is 0.0300. The van der Waals surface area contributed by atoms with E-state index in [4.69, 9.17) is 33.7 Å². The molecule has 27 heavy (non-hydrogen) atoms. The van der Waals surface area contributed by atoms with Gasteiger partial charge in [-0.3, -0.25) is 0 Å². The van der Waals surface area contributed by atoms with Gasteiger partial charge in [-0.25, -0.2) is 19.9 Å². The average Bonchev–Trinajstić information content (AvgIpc) is 3.21. The molecule has 0 aliphatic carbocycles. The van der Waals surface area contributed by atoms with Crippen molar-refractivity contribution >= 4 is 57.7 Å². The van der Waals surface area contributed by atoms with E-state index in [9.17, 15) is 0 Å². The van der Waals surface area contributed by atoms with Crippen molar-refractivity contribution in [3.8, 4) is 0 Å². The summed E-state index contributed by atoms with van der Waals surface area (Å²) in [5.74, 6) is 0.862. The van der Waals surface area contributed by atoms with Crippen LogP contribution in [0.2, 0.25) is 10.0 Å². The standard InChI is InChI=1S/C6H8ClN3.C4H4ClN3.C4H8O.C2H5I.Na.H/c1-2-8-6-9-3-5(7)4-10-6;5-3-1-7-4(6)8-2-3;1-2-4-5-3-1;1-2-3;;/h3-4H,2H2,1H3,(H,8,9,10);1-2H,(H2,6,7,8);1-4H2;2H2,1H3;;/q;;;;+1;-1. The summed E-state index contributed by atoms with van der Waals surface area (Å²) in [6.07, 6.45) is 8.58. The smallest absolute Gasteiger partial charge is 1.00 e. The van der Waals surface area contributed by atoms with Gasteiger partial charge < -0.3 is 17.2 Å². The predicted molar refractivity (Wildman–Crippen MR) is 118 cm³/mol. The summed E-state index contributed by atoms with van der Waals surface area (Å²) in [5.41, 5.74) is 5.15. The van der Waals surface area contributed by atoms with Crippen LogP contribution in [-0.2, 0) is 4.74 Å². The molecular weight excluding hydrogens is 513 g/mol. The van der Waals surface area contributed by atoms with E-state index in [0.717, 1.165) is 19.8 Å². The van der Waals surface area contributed by atoms with E-state index in [0.29, 0.717) is 16.0 Å². The van der Waals surface area contributed by atoms with Crippen LogP contribution in [0.25, 0.3) is 0 Å². The zero-order chi connectivity index (χ0) is 19.6. The summed E-state index contributed by atoms with van der Waals surface area (Å²) in [6, 6.07) is 0. The quantitative estimate of drug-likeness (QED) is 0.340. The van der Waals surface area contributed by atoms with Crippen molar-refractivity contribution in [2.75, 3.05) is 35.2 Å². The van der Waals surface area contributed by atoms with Crippen LogP contribution in [0.4, 0.5) is 11.9 Å². The minimum atomic E-state index is 0. The maximum absolute atomic E-state index is 5.56. The Morgan fingerprint density at radius 1 is 1.04 bits per heavy atom. The molecular formula is C16H26Cl2IN6NaO. The van der Waals surface area contributed by atoms with E-state index in [1.807, 2.05) is 6.92 Å². The molecule has 1 fully saturated rings. The number of anilines is 2. The Morgan fingerprint density at radius 3 is 1.74 bits per heavy atom.